The van der Waals surface area contributed by atoms with Gasteiger partial charge in [-0.05, 0) is 30.7 Å². The van der Waals surface area contributed by atoms with Crippen LogP contribution in [0.3, 0.4) is 0 Å². The Kier molecular flexibility index (Phi) is 4.49. The fourth-order valence-electron chi connectivity index (χ4n) is 1.71. The minimum Gasteiger partial charge on any atom is -0.508 e. The van der Waals surface area contributed by atoms with E-state index < -0.39 is 0 Å². The Morgan fingerprint density at radius 1 is 1.38 bits per heavy atom. The third kappa shape index (κ3) is 4.00. The number of hydrogen-bond donors (Lipinski definition) is 2. The third-order valence-electron chi connectivity index (χ3n) is 2.60. The Morgan fingerprint density at radius 2 is 2.14 bits per heavy atom. The molecule has 0 atom stereocenters. The molecule has 2 rings (SSSR count). The van der Waals surface area contributed by atoms with Gasteiger partial charge in [-0.2, -0.15) is 0 Å². The molecule has 0 fully saturated rings. The fourth-order valence-corrected chi connectivity index (χ4v) is 2.64. The van der Waals surface area contributed by atoms with Crippen molar-refractivity contribution in [3.63, 3.8) is 0 Å². The van der Waals surface area contributed by atoms with Gasteiger partial charge in [0.1, 0.15) is 5.75 Å². The minimum absolute atomic E-state index is 0.145. The smallest absolute Gasteiger partial charge is 0.223 e. The van der Waals surface area contributed by atoms with Crippen LogP contribution in [0.5, 0.6) is 5.75 Å². The molecule has 0 bridgehead atoms. The number of hydrogen-bond acceptors (Lipinski definition) is 5. The first-order chi connectivity index (χ1) is 9.95. The van der Waals surface area contributed by atoms with Crippen molar-refractivity contribution in [3.8, 4) is 5.75 Å². The second-order valence-corrected chi connectivity index (χ2v) is 5.41. The number of anilines is 1. The van der Waals surface area contributed by atoms with Crippen molar-refractivity contribution in [2.24, 2.45) is 0 Å². The average Bonchev–Trinajstić information content (AvgIpc) is 2.76. The van der Waals surface area contributed by atoms with E-state index in [1.165, 1.54) is 13.0 Å². The van der Waals surface area contributed by atoms with Gasteiger partial charge in [-0.15, -0.1) is 0 Å². The van der Waals surface area contributed by atoms with Crippen molar-refractivity contribution < 1.29 is 14.7 Å². The first kappa shape index (κ1) is 14.9. The number of phenols is 1. The number of nitrogens with one attached hydrogen (secondary N) is 1. The van der Waals surface area contributed by atoms with Crippen molar-refractivity contribution in [1.29, 1.82) is 0 Å². The van der Waals surface area contributed by atoms with Crippen LogP contribution in [0.25, 0.3) is 6.08 Å². The molecule has 108 valence electrons. The summed E-state index contributed by atoms with van der Waals surface area (Å²) in [5.41, 5.74) is 1.31. The Hall–Kier alpha value is -2.47. The molecule has 2 N–H and O–H groups in total. The van der Waals surface area contributed by atoms with Crippen LogP contribution in [0.1, 0.15) is 27.9 Å². The van der Waals surface area contributed by atoms with Gasteiger partial charge in [-0.3, -0.25) is 9.59 Å². The summed E-state index contributed by atoms with van der Waals surface area (Å²) in [6.07, 6.45) is 3.05. The predicted octanol–water partition coefficient (Wildman–Crippen LogP) is 3.01. The van der Waals surface area contributed by atoms with Crippen LogP contribution in [0.4, 0.5) is 5.13 Å². The summed E-state index contributed by atoms with van der Waals surface area (Å²) in [5, 5.41) is 12.3. The van der Waals surface area contributed by atoms with Gasteiger partial charge in [-0.1, -0.05) is 29.5 Å². The minimum atomic E-state index is -0.224. The van der Waals surface area contributed by atoms with Gasteiger partial charge >= 0.3 is 0 Å². The molecule has 1 aromatic heterocycles. The molecule has 0 unspecified atom stereocenters. The Labute approximate surface area is 126 Å². The zero-order valence-electron chi connectivity index (χ0n) is 11.6. The number of nitrogens with zero attached hydrogens (tertiary/aromatic N) is 1. The molecule has 1 amide bonds. The Balaban J connectivity index is 2.17. The molecule has 6 heteroatoms. The van der Waals surface area contributed by atoms with Gasteiger partial charge < -0.3 is 10.4 Å². The van der Waals surface area contributed by atoms with Crippen molar-refractivity contribution in [1.82, 2.24) is 4.98 Å². The Morgan fingerprint density at radius 3 is 2.81 bits per heavy atom. The second kappa shape index (κ2) is 6.32. The maximum atomic E-state index is 12.1. The van der Waals surface area contributed by atoms with E-state index in [1.807, 2.05) is 0 Å². The normalized spacial score (nSPS) is 10.8. The number of amides is 1. The average molecular weight is 302 g/mol. The van der Waals surface area contributed by atoms with Crippen LogP contribution in [0, 0.1) is 6.92 Å². The molecule has 21 heavy (non-hydrogen) atoms. The van der Waals surface area contributed by atoms with E-state index in [9.17, 15) is 14.7 Å². The van der Waals surface area contributed by atoms with Gasteiger partial charge in [0.15, 0.2) is 10.9 Å². The first-order valence-electron chi connectivity index (χ1n) is 6.22. The summed E-state index contributed by atoms with van der Waals surface area (Å²) >= 11 is 1.14. The highest BCUT2D eigenvalue weighted by molar-refractivity contribution is 7.17. The Bertz CT molecular complexity index is 719. The van der Waals surface area contributed by atoms with E-state index >= 15 is 0 Å². The number of ketones is 1. The van der Waals surface area contributed by atoms with Crippen molar-refractivity contribution in [3.05, 3.63) is 46.5 Å². The summed E-state index contributed by atoms with van der Waals surface area (Å²) < 4.78 is 0. The van der Waals surface area contributed by atoms with Crippen LogP contribution in [-0.4, -0.2) is 21.8 Å². The molecular weight excluding hydrogens is 288 g/mol. The van der Waals surface area contributed by atoms with Crippen LogP contribution in [-0.2, 0) is 4.79 Å². The summed E-state index contributed by atoms with van der Waals surface area (Å²) in [6.45, 7) is 3.11. The molecule has 0 aliphatic rings. The molecule has 1 heterocycles. The largest absolute Gasteiger partial charge is 0.508 e. The quantitative estimate of drug-likeness (QED) is 0.672. The van der Waals surface area contributed by atoms with Crippen molar-refractivity contribution in [2.75, 3.05) is 5.32 Å². The summed E-state index contributed by atoms with van der Waals surface area (Å²) in [6, 6.07) is 6.61. The molecule has 0 aliphatic heterocycles. The summed E-state index contributed by atoms with van der Waals surface area (Å²) in [4.78, 5) is 27.7. The zero-order chi connectivity index (χ0) is 15.4. The number of rotatable bonds is 4. The lowest BCUT2D eigenvalue weighted by Gasteiger charge is -1.95. The van der Waals surface area contributed by atoms with Crippen molar-refractivity contribution in [2.45, 2.75) is 13.8 Å². The van der Waals surface area contributed by atoms with Gasteiger partial charge in [0, 0.05) is 6.92 Å². The SMILES string of the molecule is CC(=O)Nc1nc(C)c(C(=O)C=Cc2cccc(O)c2)s1. The highest BCUT2D eigenvalue weighted by Gasteiger charge is 2.13. The third-order valence-corrected chi connectivity index (χ3v) is 3.69. The lowest BCUT2D eigenvalue weighted by atomic mass is 10.1. The number of carbonyl (C=O) groups is 2. The highest BCUT2D eigenvalue weighted by atomic mass is 32.1. The standard InChI is InChI=1S/C15H14N2O3S/c1-9-14(21-15(16-9)17-10(2)18)13(20)7-6-11-4-3-5-12(19)8-11/h3-8,19H,1-2H3,(H,16,17,18). The zero-order valence-corrected chi connectivity index (χ0v) is 12.4. The number of aryl methyl sites for hydroxylation is 1. The van der Waals surface area contributed by atoms with E-state index in [0.717, 1.165) is 16.9 Å². The lowest BCUT2D eigenvalue weighted by molar-refractivity contribution is -0.114. The molecule has 0 aliphatic carbocycles. The van der Waals surface area contributed by atoms with E-state index in [2.05, 4.69) is 10.3 Å². The molecule has 1 aromatic carbocycles. The van der Waals surface area contributed by atoms with Crippen LogP contribution >= 0.6 is 11.3 Å². The van der Waals surface area contributed by atoms with Gasteiger partial charge in [-0.25, -0.2) is 4.98 Å². The van der Waals surface area contributed by atoms with Gasteiger partial charge in [0.2, 0.25) is 5.91 Å². The van der Waals surface area contributed by atoms with Crippen LogP contribution < -0.4 is 5.32 Å². The van der Waals surface area contributed by atoms with Crippen LogP contribution in [0.2, 0.25) is 0 Å². The molecule has 0 saturated carbocycles. The summed E-state index contributed by atoms with van der Waals surface area (Å²) in [5.74, 6) is -0.269. The highest BCUT2D eigenvalue weighted by Crippen LogP contribution is 2.23. The van der Waals surface area contributed by atoms with Crippen molar-refractivity contribution >= 4 is 34.2 Å². The molecular formula is C15H14N2O3S. The van der Waals surface area contributed by atoms with Gasteiger partial charge in [0.25, 0.3) is 0 Å². The number of aromatic nitrogens is 1. The van der Waals surface area contributed by atoms with Gasteiger partial charge in [0.05, 0.1) is 10.6 Å². The number of aromatic hydroxyl groups is 1. The predicted molar refractivity (Wildman–Crippen MR) is 82.6 cm³/mol. The number of carbonyl (C=O) groups excluding carboxylic acids is 2. The first-order valence-corrected chi connectivity index (χ1v) is 7.04. The monoisotopic (exact) mass is 302 g/mol. The van der Waals surface area contributed by atoms with Crippen LogP contribution in [0.15, 0.2) is 30.3 Å². The van der Waals surface area contributed by atoms with E-state index in [0.29, 0.717) is 15.7 Å². The molecule has 0 saturated heterocycles. The molecule has 5 nitrogen and oxygen atoms in total. The number of phenolic OH excluding ortho intramolecular Hbond substituents is 1. The number of benzene rings is 1. The van der Waals surface area contributed by atoms with E-state index in [4.69, 9.17) is 0 Å². The topological polar surface area (TPSA) is 79.3 Å². The summed E-state index contributed by atoms with van der Waals surface area (Å²) in [7, 11) is 0. The fraction of sp³-hybridized carbons (Fsp3) is 0.133. The maximum Gasteiger partial charge on any atom is 0.223 e. The van der Waals surface area contributed by atoms with E-state index in [1.54, 1.807) is 37.3 Å². The lowest BCUT2D eigenvalue weighted by Crippen LogP contribution is -2.04. The number of thiazole rings is 1. The van der Waals surface area contributed by atoms with E-state index in [-0.39, 0.29) is 17.4 Å². The number of allylic oxidation sites excluding steroid dienone is 1. The molecule has 2 aromatic rings. The second-order valence-electron chi connectivity index (χ2n) is 4.41. The maximum absolute atomic E-state index is 12.1. The molecule has 0 spiro atoms. The molecule has 0 radical (unpaired) electrons.